The van der Waals surface area contributed by atoms with Crippen LogP contribution in [-0.2, 0) is 23.8 Å². The molecule has 0 saturated carbocycles. The van der Waals surface area contributed by atoms with Gasteiger partial charge in [-0.25, -0.2) is 0 Å². The smallest absolute Gasteiger partial charge is 0.305 e. The van der Waals surface area contributed by atoms with Gasteiger partial charge in [0.05, 0.1) is 6.10 Å². The van der Waals surface area contributed by atoms with Gasteiger partial charge in [0.1, 0.15) is 0 Å². The van der Waals surface area contributed by atoms with E-state index in [4.69, 9.17) is 19.9 Å². The zero-order chi connectivity index (χ0) is 11.4. The highest BCUT2D eigenvalue weighted by molar-refractivity contribution is 5.67. The minimum Gasteiger partial charge on any atom is -0.456 e. The van der Waals surface area contributed by atoms with Crippen LogP contribution < -0.4 is 5.73 Å². The average Bonchev–Trinajstić information content (AvgIpc) is 2.46. The molecule has 0 aromatic heterocycles. The van der Waals surface area contributed by atoms with Gasteiger partial charge in [0.25, 0.3) is 0 Å². The number of hydrogen-bond donors (Lipinski definition) is 1. The van der Waals surface area contributed by atoms with Crippen LogP contribution in [0.15, 0.2) is 0 Å². The number of nitrogens with two attached hydrogens (primary N) is 1. The molecule has 1 saturated heterocycles. The molecule has 3 atom stereocenters. The molecule has 0 amide bonds. The van der Waals surface area contributed by atoms with Crippen molar-refractivity contribution < 1.29 is 23.8 Å². The lowest BCUT2D eigenvalue weighted by atomic mass is 10.2. The Morgan fingerprint density at radius 3 is 2.40 bits per heavy atom. The molecule has 6 heteroatoms. The van der Waals surface area contributed by atoms with Crippen LogP contribution in [0.2, 0.25) is 0 Å². The molecule has 0 spiro atoms. The fraction of sp³-hybridized carbons (Fsp3) is 0.778. The molecule has 15 heavy (non-hydrogen) atoms. The number of esters is 2. The summed E-state index contributed by atoms with van der Waals surface area (Å²) >= 11 is 0. The summed E-state index contributed by atoms with van der Waals surface area (Å²) in [6.45, 7) is 2.86. The van der Waals surface area contributed by atoms with E-state index >= 15 is 0 Å². The average molecular weight is 217 g/mol. The van der Waals surface area contributed by atoms with E-state index < -0.39 is 24.3 Å². The SMILES string of the molecule is CC(=O)OC1CC(CN)OC1OC(C)=O. The number of carbonyl (C=O) groups excluding carboxylic acids is 2. The van der Waals surface area contributed by atoms with E-state index in [-0.39, 0.29) is 6.10 Å². The van der Waals surface area contributed by atoms with E-state index in [1.807, 2.05) is 0 Å². The van der Waals surface area contributed by atoms with E-state index in [9.17, 15) is 9.59 Å². The van der Waals surface area contributed by atoms with Crippen molar-refractivity contribution in [3.63, 3.8) is 0 Å². The number of rotatable bonds is 3. The van der Waals surface area contributed by atoms with Crippen molar-refractivity contribution in [3.05, 3.63) is 0 Å². The van der Waals surface area contributed by atoms with Crippen LogP contribution in [0.5, 0.6) is 0 Å². The lowest BCUT2D eigenvalue weighted by molar-refractivity contribution is -0.193. The van der Waals surface area contributed by atoms with Gasteiger partial charge < -0.3 is 19.9 Å². The first-order chi connectivity index (χ1) is 7.02. The first-order valence-corrected chi connectivity index (χ1v) is 4.73. The molecule has 86 valence electrons. The van der Waals surface area contributed by atoms with Gasteiger partial charge in [-0.1, -0.05) is 0 Å². The molecule has 0 bridgehead atoms. The lowest BCUT2D eigenvalue weighted by Crippen LogP contribution is -2.30. The minimum absolute atomic E-state index is 0.237. The highest BCUT2D eigenvalue weighted by Crippen LogP contribution is 2.23. The van der Waals surface area contributed by atoms with E-state index in [0.29, 0.717) is 13.0 Å². The quantitative estimate of drug-likeness (QED) is 0.644. The molecule has 0 radical (unpaired) electrons. The maximum absolute atomic E-state index is 10.8. The standard InChI is InChI=1S/C9H15NO5/c1-5(11)13-8-3-7(4-10)15-9(8)14-6(2)12/h7-9H,3-4,10H2,1-2H3. The van der Waals surface area contributed by atoms with Crippen molar-refractivity contribution in [3.8, 4) is 0 Å². The van der Waals surface area contributed by atoms with Crippen molar-refractivity contribution in [2.75, 3.05) is 6.54 Å². The van der Waals surface area contributed by atoms with Crippen LogP contribution in [0, 0.1) is 0 Å². The zero-order valence-corrected chi connectivity index (χ0v) is 8.76. The number of ether oxygens (including phenoxy) is 3. The van der Waals surface area contributed by atoms with E-state index in [1.54, 1.807) is 0 Å². The molecule has 0 aromatic carbocycles. The van der Waals surface area contributed by atoms with Gasteiger partial charge in [-0.3, -0.25) is 9.59 Å². The maximum Gasteiger partial charge on any atom is 0.305 e. The monoisotopic (exact) mass is 217 g/mol. The Morgan fingerprint density at radius 2 is 1.93 bits per heavy atom. The van der Waals surface area contributed by atoms with Crippen LogP contribution in [0.4, 0.5) is 0 Å². The number of hydrogen-bond acceptors (Lipinski definition) is 6. The Hall–Kier alpha value is -1.14. The fourth-order valence-electron chi connectivity index (χ4n) is 1.44. The Balaban J connectivity index is 2.56. The molecule has 1 rings (SSSR count). The van der Waals surface area contributed by atoms with E-state index in [0.717, 1.165) is 0 Å². The van der Waals surface area contributed by atoms with Gasteiger partial charge in [-0.15, -0.1) is 0 Å². The predicted octanol–water partition coefficient (Wildman–Crippen LogP) is -0.445. The Labute approximate surface area is 87.7 Å². The Morgan fingerprint density at radius 1 is 1.33 bits per heavy atom. The highest BCUT2D eigenvalue weighted by atomic mass is 16.7. The summed E-state index contributed by atoms with van der Waals surface area (Å²) in [6, 6.07) is 0. The van der Waals surface area contributed by atoms with E-state index in [2.05, 4.69) is 0 Å². The molecule has 1 fully saturated rings. The van der Waals surface area contributed by atoms with Crippen molar-refractivity contribution >= 4 is 11.9 Å². The summed E-state index contributed by atoms with van der Waals surface area (Å²) in [5.41, 5.74) is 5.41. The minimum atomic E-state index is -0.833. The molecule has 1 aliphatic rings. The van der Waals surface area contributed by atoms with E-state index in [1.165, 1.54) is 13.8 Å². The summed E-state index contributed by atoms with van der Waals surface area (Å²) < 4.78 is 15.1. The molecule has 1 aliphatic heterocycles. The summed E-state index contributed by atoms with van der Waals surface area (Å²) in [5, 5.41) is 0. The second kappa shape index (κ2) is 5.09. The van der Waals surface area contributed by atoms with Gasteiger partial charge in [-0.2, -0.15) is 0 Å². The number of carbonyl (C=O) groups is 2. The second-order valence-corrected chi connectivity index (χ2v) is 3.36. The largest absolute Gasteiger partial charge is 0.456 e. The zero-order valence-electron chi connectivity index (χ0n) is 8.76. The predicted molar refractivity (Wildman–Crippen MR) is 49.7 cm³/mol. The lowest BCUT2D eigenvalue weighted by Gasteiger charge is -2.17. The van der Waals surface area contributed by atoms with Crippen LogP contribution >= 0.6 is 0 Å². The van der Waals surface area contributed by atoms with Gasteiger partial charge in [-0.05, 0) is 0 Å². The second-order valence-electron chi connectivity index (χ2n) is 3.36. The third-order valence-electron chi connectivity index (χ3n) is 1.99. The van der Waals surface area contributed by atoms with Crippen molar-refractivity contribution in [1.82, 2.24) is 0 Å². The van der Waals surface area contributed by atoms with Gasteiger partial charge in [0, 0.05) is 26.8 Å². The highest BCUT2D eigenvalue weighted by Gasteiger charge is 2.39. The Kier molecular flexibility index (Phi) is 4.05. The molecule has 6 nitrogen and oxygen atoms in total. The van der Waals surface area contributed by atoms with Gasteiger partial charge >= 0.3 is 11.9 Å². The normalized spacial score (nSPS) is 29.9. The first kappa shape index (κ1) is 11.9. The molecular weight excluding hydrogens is 202 g/mol. The summed E-state index contributed by atoms with van der Waals surface area (Å²) in [5.74, 6) is -0.909. The summed E-state index contributed by atoms with van der Waals surface area (Å²) in [7, 11) is 0. The molecule has 0 aromatic rings. The van der Waals surface area contributed by atoms with Crippen molar-refractivity contribution in [2.45, 2.75) is 38.8 Å². The van der Waals surface area contributed by atoms with Crippen LogP contribution in [-0.4, -0.2) is 37.0 Å². The van der Waals surface area contributed by atoms with Crippen molar-refractivity contribution in [1.29, 1.82) is 0 Å². The molecule has 3 unspecified atom stereocenters. The molecule has 1 heterocycles. The summed E-state index contributed by atoms with van der Waals surface area (Å²) in [4.78, 5) is 21.5. The molecular formula is C9H15NO5. The van der Waals surface area contributed by atoms with Crippen molar-refractivity contribution in [2.24, 2.45) is 5.73 Å². The van der Waals surface area contributed by atoms with Gasteiger partial charge in [0.2, 0.25) is 6.29 Å². The summed E-state index contributed by atoms with van der Waals surface area (Å²) in [6.07, 6.45) is -1.17. The topological polar surface area (TPSA) is 87.8 Å². The van der Waals surface area contributed by atoms with Crippen LogP contribution in [0.25, 0.3) is 0 Å². The molecule has 2 N–H and O–H groups in total. The maximum atomic E-state index is 10.8. The Bertz CT molecular complexity index is 231. The first-order valence-electron chi connectivity index (χ1n) is 4.73. The molecule has 0 aliphatic carbocycles. The van der Waals surface area contributed by atoms with Crippen LogP contribution in [0.1, 0.15) is 20.3 Å². The van der Waals surface area contributed by atoms with Crippen LogP contribution in [0.3, 0.4) is 0 Å². The third kappa shape index (κ3) is 3.49. The third-order valence-corrected chi connectivity index (χ3v) is 1.99. The van der Waals surface area contributed by atoms with Gasteiger partial charge in [0.15, 0.2) is 6.10 Å². The fourth-order valence-corrected chi connectivity index (χ4v) is 1.44.